The van der Waals surface area contributed by atoms with Crippen molar-refractivity contribution in [1.29, 1.82) is 0 Å². The number of hydrogen-bond acceptors (Lipinski definition) is 5. The van der Waals surface area contributed by atoms with Crippen LogP contribution in [0.5, 0.6) is 0 Å². The van der Waals surface area contributed by atoms with Gasteiger partial charge >= 0.3 is 5.97 Å². The van der Waals surface area contributed by atoms with Gasteiger partial charge in [-0.25, -0.2) is 0 Å². The molecule has 5 heteroatoms. The average Bonchev–Trinajstić information content (AvgIpc) is 2.47. The first-order chi connectivity index (χ1) is 9.70. The molecule has 0 aromatic heterocycles. The lowest BCUT2D eigenvalue weighted by Crippen LogP contribution is -2.68. The summed E-state index contributed by atoms with van der Waals surface area (Å²) in [7, 11) is 1.32. The third kappa shape index (κ3) is 2.14. The fourth-order valence-corrected chi connectivity index (χ4v) is 4.20. The van der Waals surface area contributed by atoms with Gasteiger partial charge in [0, 0.05) is 11.3 Å². The Hall–Kier alpha value is -0.910. The third-order valence-corrected chi connectivity index (χ3v) is 5.91. The highest BCUT2D eigenvalue weighted by atomic mass is 16.5. The van der Waals surface area contributed by atoms with Crippen LogP contribution in [0.3, 0.4) is 0 Å². The van der Waals surface area contributed by atoms with Crippen molar-refractivity contribution in [3.63, 3.8) is 0 Å². The molecule has 6 atom stereocenters. The van der Waals surface area contributed by atoms with Crippen molar-refractivity contribution in [2.75, 3.05) is 7.11 Å². The van der Waals surface area contributed by atoms with Crippen molar-refractivity contribution in [3.05, 3.63) is 12.2 Å². The van der Waals surface area contributed by atoms with E-state index in [4.69, 9.17) is 4.74 Å². The van der Waals surface area contributed by atoms with E-state index in [0.717, 1.165) is 0 Å². The van der Waals surface area contributed by atoms with Crippen molar-refractivity contribution in [3.8, 4) is 0 Å². The lowest BCUT2D eigenvalue weighted by atomic mass is 9.50. The highest BCUT2D eigenvalue weighted by Gasteiger charge is 2.63. The summed E-state index contributed by atoms with van der Waals surface area (Å²) in [5, 5.41) is 32.3. The van der Waals surface area contributed by atoms with Crippen molar-refractivity contribution in [1.82, 2.24) is 0 Å². The molecule has 5 nitrogen and oxygen atoms in total. The first kappa shape index (κ1) is 16.5. The number of ether oxygens (including phenoxy) is 1. The standard InChI is InChI=1S/C16H26O5/c1-9-5-6-12(17)15(3)8-7-11(10(2)14(19)21-4)13(18)16(9,15)20/h10-13,17-18,20H,1,5-8H2,2-4H3/t10-,11+,12-,13+,15+,16+/m1/s1. The number of rotatable bonds is 2. The molecule has 3 N–H and O–H groups in total. The van der Waals surface area contributed by atoms with Gasteiger partial charge in [-0.3, -0.25) is 4.79 Å². The Morgan fingerprint density at radius 3 is 2.62 bits per heavy atom. The summed E-state index contributed by atoms with van der Waals surface area (Å²) in [5.41, 5.74) is -1.84. The van der Waals surface area contributed by atoms with Gasteiger partial charge in [0.05, 0.1) is 25.2 Å². The lowest BCUT2D eigenvalue weighted by Gasteiger charge is -2.59. The maximum absolute atomic E-state index is 11.8. The van der Waals surface area contributed by atoms with Crippen LogP contribution in [0.15, 0.2) is 12.2 Å². The second-order valence-electron chi connectivity index (χ2n) is 6.80. The van der Waals surface area contributed by atoms with Gasteiger partial charge in [-0.05, 0) is 31.3 Å². The van der Waals surface area contributed by atoms with Crippen LogP contribution >= 0.6 is 0 Å². The van der Waals surface area contributed by atoms with Crippen LogP contribution in [0.1, 0.15) is 39.5 Å². The predicted octanol–water partition coefficient (Wildman–Crippen LogP) is 1.01. The summed E-state index contributed by atoms with van der Waals surface area (Å²) < 4.78 is 4.75. The smallest absolute Gasteiger partial charge is 0.308 e. The normalized spacial score (nSPS) is 44.9. The van der Waals surface area contributed by atoms with Gasteiger partial charge < -0.3 is 20.1 Å². The van der Waals surface area contributed by atoms with Crippen LogP contribution in [0.25, 0.3) is 0 Å². The SMILES string of the molecule is C=C1CC[C@@H](O)[C@]2(C)CC[C@@H]([C@@H](C)C(=O)OC)[C@H](O)[C@@]12O. The van der Waals surface area contributed by atoms with Gasteiger partial charge in [0.25, 0.3) is 0 Å². The summed E-state index contributed by atoms with van der Waals surface area (Å²) in [6, 6.07) is 0. The minimum Gasteiger partial charge on any atom is -0.469 e. The monoisotopic (exact) mass is 298 g/mol. The predicted molar refractivity (Wildman–Crippen MR) is 77.3 cm³/mol. The molecule has 0 amide bonds. The number of methoxy groups -OCH3 is 1. The molecular weight excluding hydrogens is 272 g/mol. The van der Waals surface area contributed by atoms with Crippen molar-refractivity contribution < 1.29 is 24.9 Å². The van der Waals surface area contributed by atoms with Crippen molar-refractivity contribution in [2.24, 2.45) is 17.3 Å². The molecule has 2 fully saturated rings. The number of carbonyl (C=O) groups is 1. The van der Waals surface area contributed by atoms with Gasteiger partial charge in [0.1, 0.15) is 5.60 Å². The average molecular weight is 298 g/mol. The number of aliphatic hydroxyl groups excluding tert-OH is 2. The van der Waals surface area contributed by atoms with Gasteiger partial charge in [-0.15, -0.1) is 0 Å². The van der Waals surface area contributed by atoms with E-state index in [1.165, 1.54) is 7.11 Å². The summed E-state index contributed by atoms with van der Waals surface area (Å²) in [6.07, 6.45) is 0.295. The molecule has 2 aliphatic rings. The van der Waals surface area contributed by atoms with E-state index < -0.39 is 41.0 Å². The molecule has 21 heavy (non-hydrogen) atoms. The highest BCUT2D eigenvalue weighted by molar-refractivity contribution is 5.72. The Bertz CT molecular complexity index is 448. The number of esters is 1. The zero-order valence-corrected chi connectivity index (χ0v) is 13.0. The number of aliphatic hydroxyl groups is 3. The number of carbonyl (C=O) groups excluding carboxylic acids is 1. The Labute approximate surface area is 125 Å². The molecule has 0 saturated heterocycles. The fraction of sp³-hybridized carbons (Fsp3) is 0.812. The van der Waals surface area contributed by atoms with Crippen LogP contribution in [0, 0.1) is 17.3 Å². The van der Waals surface area contributed by atoms with Crippen LogP contribution < -0.4 is 0 Å². The van der Waals surface area contributed by atoms with Crippen molar-refractivity contribution >= 4 is 5.97 Å². The third-order valence-electron chi connectivity index (χ3n) is 5.91. The summed E-state index contributed by atoms with van der Waals surface area (Å²) in [5.74, 6) is -1.31. The lowest BCUT2D eigenvalue weighted by molar-refractivity contribution is -0.227. The van der Waals surface area contributed by atoms with Crippen LogP contribution in [-0.2, 0) is 9.53 Å². The molecule has 0 bridgehead atoms. The molecule has 0 aromatic rings. The fourth-order valence-electron chi connectivity index (χ4n) is 4.20. The van der Waals surface area contributed by atoms with Crippen LogP contribution in [0.4, 0.5) is 0 Å². The molecule has 0 aliphatic heterocycles. The maximum Gasteiger partial charge on any atom is 0.308 e. The molecule has 0 heterocycles. The van der Waals surface area contributed by atoms with E-state index in [-0.39, 0.29) is 0 Å². The Morgan fingerprint density at radius 2 is 2.05 bits per heavy atom. The van der Waals surface area contributed by atoms with E-state index in [0.29, 0.717) is 31.3 Å². The van der Waals surface area contributed by atoms with Crippen LogP contribution in [0.2, 0.25) is 0 Å². The maximum atomic E-state index is 11.8. The molecule has 0 spiro atoms. The van der Waals surface area contributed by atoms with Gasteiger partial charge in [-0.2, -0.15) is 0 Å². The van der Waals surface area contributed by atoms with Crippen molar-refractivity contribution in [2.45, 2.75) is 57.3 Å². The Kier molecular flexibility index (Phi) is 4.21. The van der Waals surface area contributed by atoms with Gasteiger partial charge in [0.2, 0.25) is 0 Å². The molecule has 0 aromatic carbocycles. The number of hydrogen-bond donors (Lipinski definition) is 3. The van der Waals surface area contributed by atoms with E-state index >= 15 is 0 Å². The largest absolute Gasteiger partial charge is 0.469 e. The topological polar surface area (TPSA) is 87.0 Å². The Balaban J connectivity index is 2.37. The quantitative estimate of drug-likeness (QED) is 0.523. The van der Waals surface area contributed by atoms with E-state index in [2.05, 4.69) is 6.58 Å². The zero-order chi connectivity index (χ0) is 16.0. The van der Waals surface area contributed by atoms with Gasteiger partial charge in [-0.1, -0.05) is 20.4 Å². The summed E-state index contributed by atoms with van der Waals surface area (Å²) >= 11 is 0. The van der Waals surface area contributed by atoms with E-state index in [1.54, 1.807) is 13.8 Å². The first-order valence-electron chi connectivity index (χ1n) is 7.54. The van der Waals surface area contributed by atoms with E-state index in [9.17, 15) is 20.1 Å². The molecule has 2 rings (SSSR count). The molecular formula is C16H26O5. The zero-order valence-electron chi connectivity index (χ0n) is 13.0. The van der Waals surface area contributed by atoms with Gasteiger partial charge in [0.15, 0.2) is 0 Å². The van der Waals surface area contributed by atoms with E-state index in [1.807, 2.05) is 0 Å². The molecule has 120 valence electrons. The molecule has 0 unspecified atom stereocenters. The second-order valence-corrected chi connectivity index (χ2v) is 6.80. The molecule has 0 radical (unpaired) electrons. The van der Waals surface area contributed by atoms with Crippen LogP contribution in [-0.4, -0.2) is 46.2 Å². The minimum absolute atomic E-state index is 0.395. The summed E-state index contributed by atoms with van der Waals surface area (Å²) in [4.78, 5) is 11.8. The molecule has 2 saturated carbocycles. The highest BCUT2D eigenvalue weighted by Crippen LogP contribution is 2.57. The molecule has 2 aliphatic carbocycles. The first-order valence-corrected chi connectivity index (χ1v) is 7.54. The number of fused-ring (bicyclic) bond motifs is 1. The Morgan fingerprint density at radius 1 is 1.43 bits per heavy atom. The summed E-state index contributed by atoms with van der Waals surface area (Å²) in [6.45, 7) is 7.42. The minimum atomic E-state index is -1.56. The second kappa shape index (κ2) is 5.38.